The van der Waals surface area contributed by atoms with Crippen molar-refractivity contribution in [3.63, 3.8) is 0 Å². The Morgan fingerprint density at radius 2 is 1.93 bits per heavy atom. The summed E-state index contributed by atoms with van der Waals surface area (Å²) >= 11 is 0. The van der Waals surface area contributed by atoms with Gasteiger partial charge in [0.15, 0.2) is 0 Å². The summed E-state index contributed by atoms with van der Waals surface area (Å²) in [6.07, 6.45) is 0. The fourth-order valence-electron chi connectivity index (χ4n) is 3.45. The van der Waals surface area contributed by atoms with E-state index >= 15 is 0 Å². The molecule has 2 N–H and O–H groups in total. The summed E-state index contributed by atoms with van der Waals surface area (Å²) in [5.41, 5.74) is 0.972. The quantitative estimate of drug-likeness (QED) is 0.687. The van der Waals surface area contributed by atoms with Gasteiger partial charge in [0.1, 0.15) is 12.3 Å². The predicted octanol–water partition coefficient (Wildman–Crippen LogP) is -0.322. The van der Waals surface area contributed by atoms with E-state index in [0.29, 0.717) is 13.1 Å². The Labute approximate surface area is 156 Å². The average molecular weight is 374 g/mol. The molecule has 1 aromatic carbocycles. The second-order valence-corrected chi connectivity index (χ2v) is 6.62. The number of rotatable bonds is 5. The highest BCUT2D eigenvalue weighted by Gasteiger charge is 2.39. The highest BCUT2D eigenvalue weighted by atomic mass is 16.5. The zero-order valence-corrected chi connectivity index (χ0v) is 15.2. The second-order valence-electron chi connectivity index (χ2n) is 6.62. The lowest BCUT2D eigenvalue weighted by atomic mass is 9.94. The van der Waals surface area contributed by atoms with Gasteiger partial charge in [0.05, 0.1) is 19.7 Å². The molecular formula is C18H22N4O5. The molecule has 2 saturated heterocycles. The Balaban J connectivity index is 1.73. The molecule has 0 saturated carbocycles. The minimum atomic E-state index is -0.558. The molecule has 0 unspecified atom stereocenters. The zero-order chi connectivity index (χ0) is 19.6. The van der Waals surface area contributed by atoms with E-state index in [0.717, 1.165) is 16.2 Å². The molecule has 0 aliphatic carbocycles. The van der Waals surface area contributed by atoms with E-state index in [1.807, 2.05) is 24.3 Å². The van der Waals surface area contributed by atoms with E-state index in [2.05, 4.69) is 10.6 Å². The number of carbonyl (C=O) groups excluding carboxylic acids is 4. The van der Waals surface area contributed by atoms with Crippen LogP contribution in [-0.4, -0.2) is 72.9 Å². The number of nitrogens with one attached hydrogen (secondary N) is 2. The van der Waals surface area contributed by atoms with Crippen LogP contribution in [-0.2, 0) is 14.4 Å². The van der Waals surface area contributed by atoms with Crippen LogP contribution < -0.4 is 15.4 Å². The van der Waals surface area contributed by atoms with E-state index in [4.69, 9.17) is 4.74 Å². The van der Waals surface area contributed by atoms with E-state index < -0.39 is 11.9 Å². The Morgan fingerprint density at radius 1 is 1.22 bits per heavy atom. The van der Waals surface area contributed by atoms with Gasteiger partial charge in [-0.1, -0.05) is 12.1 Å². The maximum Gasteiger partial charge on any atom is 0.325 e. The predicted molar refractivity (Wildman–Crippen MR) is 95.0 cm³/mol. The molecule has 2 heterocycles. The molecule has 27 heavy (non-hydrogen) atoms. The monoisotopic (exact) mass is 374 g/mol. The van der Waals surface area contributed by atoms with Crippen molar-refractivity contribution >= 4 is 23.8 Å². The summed E-state index contributed by atoms with van der Waals surface area (Å²) < 4.78 is 5.17. The lowest BCUT2D eigenvalue weighted by molar-refractivity contribution is -0.135. The van der Waals surface area contributed by atoms with Gasteiger partial charge < -0.3 is 20.3 Å². The molecule has 2 aliphatic rings. The standard InChI is InChI=1S/C18H22N4O5/c1-11(23)20-15-9-21(17(25)10-22-16(24)7-19-18(22)26)8-14(15)12-3-5-13(27-2)6-4-12/h3-6,14-15H,7-10H2,1-2H3,(H,19,26)(H,20,23)/t14-,15+/m0/s1. The summed E-state index contributed by atoms with van der Waals surface area (Å²) in [5.74, 6) is -0.294. The van der Waals surface area contributed by atoms with Crippen molar-refractivity contribution in [2.45, 2.75) is 18.9 Å². The van der Waals surface area contributed by atoms with Crippen LogP contribution in [0.4, 0.5) is 4.79 Å². The number of carbonyl (C=O) groups is 4. The van der Waals surface area contributed by atoms with Crippen LogP contribution >= 0.6 is 0 Å². The van der Waals surface area contributed by atoms with E-state index in [-0.39, 0.29) is 36.9 Å². The van der Waals surface area contributed by atoms with Crippen molar-refractivity contribution in [3.05, 3.63) is 29.8 Å². The molecule has 0 spiro atoms. The van der Waals surface area contributed by atoms with Crippen molar-refractivity contribution in [2.24, 2.45) is 0 Å². The molecule has 0 radical (unpaired) electrons. The Bertz CT molecular complexity index is 748. The third-order valence-electron chi connectivity index (χ3n) is 4.84. The van der Waals surface area contributed by atoms with Crippen LogP contribution in [0.3, 0.4) is 0 Å². The molecule has 2 fully saturated rings. The van der Waals surface area contributed by atoms with Gasteiger partial charge in [-0.3, -0.25) is 19.3 Å². The minimum absolute atomic E-state index is 0.0882. The summed E-state index contributed by atoms with van der Waals surface area (Å²) in [7, 11) is 1.58. The Kier molecular flexibility index (Phi) is 5.29. The zero-order valence-electron chi connectivity index (χ0n) is 15.2. The van der Waals surface area contributed by atoms with E-state index in [1.165, 1.54) is 6.92 Å². The number of likely N-dealkylation sites (tertiary alicyclic amines) is 1. The van der Waals surface area contributed by atoms with Crippen LogP contribution in [0.1, 0.15) is 18.4 Å². The van der Waals surface area contributed by atoms with Crippen molar-refractivity contribution in [1.82, 2.24) is 20.4 Å². The average Bonchev–Trinajstić information content (AvgIpc) is 3.19. The molecule has 5 amide bonds. The maximum atomic E-state index is 12.6. The third kappa shape index (κ3) is 4.02. The molecule has 0 bridgehead atoms. The first-order chi connectivity index (χ1) is 12.9. The van der Waals surface area contributed by atoms with Gasteiger partial charge in [0.25, 0.3) is 5.91 Å². The highest BCUT2D eigenvalue weighted by molar-refractivity contribution is 6.04. The van der Waals surface area contributed by atoms with Gasteiger partial charge in [0.2, 0.25) is 11.8 Å². The normalized spacial score (nSPS) is 22.0. The fourth-order valence-corrected chi connectivity index (χ4v) is 3.45. The first kappa shape index (κ1) is 18.7. The smallest absolute Gasteiger partial charge is 0.325 e. The lowest BCUT2D eigenvalue weighted by Crippen LogP contribution is -2.43. The number of ether oxygens (including phenoxy) is 1. The number of methoxy groups -OCH3 is 1. The van der Waals surface area contributed by atoms with Gasteiger partial charge in [-0.25, -0.2) is 4.79 Å². The number of benzene rings is 1. The van der Waals surface area contributed by atoms with Gasteiger partial charge >= 0.3 is 6.03 Å². The SMILES string of the molecule is COc1ccc([C@@H]2CN(C(=O)CN3C(=O)CNC3=O)C[C@H]2NC(C)=O)cc1. The highest BCUT2D eigenvalue weighted by Crippen LogP contribution is 2.29. The van der Waals surface area contributed by atoms with Crippen LogP contribution in [0, 0.1) is 0 Å². The van der Waals surface area contributed by atoms with Crippen LogP contribution in [0.5, 0.6) is 5.75 Å². The fraction of sp³-hybridized carbons (Fsp3) is 0.444. The van der Waals surface area contributed by atoms with Gasteiger partial charge in [0, 0.05) is 25.9 Å². The first-order valence-corrected chi connectivity index (χ1v) is 8.66. The van der Waals surface area contributed by atoms with Crippen molar-refractivity contribution in [2.75, 3.05) is 33.3 Å². The van der Waals surface area contributed by atoms with E-state index in [9.17, 15) is 19.2 Å². The number of hydrogen-bond acceptors (Lipinski definition) is 5. The molecule has 9 heteroatoms. The summed E-state index contributed by atoms with van der Waals surface area (Å²) in [4.78, 5) is 50.0. The van der Waals surface area contributed by atoms with Crippen LogP contribution in [0.2, 0.25) is 0 Å². The largest absolute Gasteiger partial charge is 0.497 e. The van der Waals surface area contributed by atoms with Gasteiger partial charge in [-0.05, 0) is 17.7 Å². The molecule has 3 rings (SSSR count). The molecule has 9 nitrogen and oxygen atoms in total. The maximum absolute atomic E-state index is 12.6. The molecule has 0 aromatic heterocycles. The molecule has 144 valence electrons. The molecule has 2 atom stereocenters. The summed E-state index contributed by atoms with van der Waals surface area (Å²) in [6.45, 7) is 1.75. The number of nitrogens with zero attached hydrogens (tertiary/aromatic N) is 2. The van der Waals surface area contributed by atoms with Gasteiger partial charge in [-0.15, -0.1) is 0 Å². The summed E-state index contributed by atoms with van der Waals surface area (Å²) in [6, 6.07) is 6.67. The lowest BCUT2D eigenvalue weighted by Gasteiger charge is -2.19. The molecule has 2 aliphatic heterocycles. The Morgan fingerprint density at radius 3 is 2.48 bits per heavy atom. The first-order valence-electron chi connectivity index (χ1n) is 8.66. The molecule has 1 aromatic rings. The van der Waals surface area contributed by atoms with E-state index in [1.54, 1.807) is 12.0 Å². The number of hydrogen-bond donors (Lipinski definition) is 2. The minimum Gasteiger partial charge on any atom is -0.497 e. The van der Waals surface area contributed by atoms with Crippen molar-refractivity contribution in [1.29, 1.82) is 0 Å². The Hall–Kier alpha value is -3.10. The summed E-state index contributed by atoms with van der Waals surface area (Å²) in [5, 5.41) is 5.28. The molecular weight excluding hydrogens is 352 g/mol. The second kappa shape index (κ2) is 7.65. The van der Waals surface area contributed by atoms with Crippen LogP contribution in [0.15, 0.2) is 24.3 Å². The topological polar surface area (TPSA) is 108 Å². The number of urea groups is 1. The van der Waals surface area contributed by atoms with Crippen molar-refractivity contribution in [3.8, 4) is 5.75 Å². The van der Waals surface area contributed by atoms with Crippen LogP contribution in [0.25, 0.3) is 0 Å². The van der Waals surface area contributed by atoms with Gasteiger partial charge in [-0.2, -0.15) is 0 Å². The number of amides is 5. The van der Waals surface area contributed by atoms with Crippen molar-refractivity contribution < 1.29 is 23.9 Å². The third-order valence-corrected chi connectivity index (χ3v) is 4.84. The number of imide groups is 1.